The van der Waals surface area contributed by atoms with Gasteiger partial charge in [0.1, 0.15) is 0 Å². The zero-order chi connectivity index (χ0) is 17.1. The van der Waals surface area contributed by atoms with Gasteiger partial charge in [0.2, 0.25) is 0 Å². The van der Waals surface area contributed by atoms with Crippen molar-refractivity contribution in [3.05, 3.63) is 28.8 Å². The van der Waals surface area contributed by atoms with Crippen molar-refractivity contribution < 1.29 is 9.53 Å². The predicted molar refractivity (Wildman–Crippen MR) is 97.8 cm³/mol. The molecule has 3 rings (SSSR count). The van der Waals surface area contributed by atoms with Gasteiger partial charge in [-0.25, -0.2) is 4.98 Å². The molecule has 2 heterocycles. The van der Waals surface area contributed by atoms with Crippen LogP contribution in [-0.2, 0) is 4.74 Å². The largest absolute Gasteiger partial charge is 0.376 e. The van der Waals surface area contributed by atoms with Crippen LogP contribution in [0.1, 0.15) is 28.2 Å². The maximum atomic E-state index is 13.0. The van der Waals surface area contributed by atoms with Crippen LogP contribution in [0.3, 0.4) is 0 Å². The van der Waals surface area contributed by atoms with E-state index in [0.29, 0.717) is 18.7 Å². The first kappa shape index (κ1) is 17.3. The van der Waals surface area contributed by atoms with Crippen molar-refractivity contribution in [1.82, 2.24) is 14.8 Å². The lowest BCUT2D eigenvalue weighted by Crippen LogP contribution is -2.41. The van der Waals surface area contributed by atoms with E-state index in [-0.39, 0.29) is 12.0 Å². The third-order valence-electron chi connectivity index (χ3n) is 4.29. The molecule has 1 amide bonds. The molecular formula is C18H25N3O2S. The van der Waals surface area contributed by atoms with Crippen molar-refractivity contribution in [1.29, 1.82) is 0 Å². The zero-order valence-corrected chi connectivity index (χ0v) is 15.4. The van der Waals surface area contributed by atoms with E-state index in [4.69, 9.17) is 4.74 Å². The summed E-state index contributed by atoms with van der Waals surface area (Å²) in [5, 5.41) is 1.03. The molecule has 1 unspecified atom stereocenters. The summed E-state index contributed by atoms with van der Waals surface area (Å²) in [5.74, 6) is 0.0694. The van der Waals surface area contributed by atoms with Gasteiger partial charge in [-0.3, -0.25) is 4.79 Å². The molecule has 24 heavy (non-hydrogen) atoms. The van der Waals surface area contributed by atoms with Gasteiger partial charge < -0.3 is 14.5 Å². The number of rotatable bonds is 6. The van der Waals surface area contributed by atoms with Crippen LogP contribution in [0.5, 0.6) is 0 Å². The van der Waals surface area contributed by atoms with Gasteiger partial charge in [-0.15, -0.1) is 11.3 Å². The average Bonchev–Trinajstić information content (AvgIpc) is 3.17. The fraction of sp³-hybridized carbons (Fsp3) is 0.556. The van der Waals surface area contributed by atoms with Gasteiger partial charge >= 0.3 is 0 Å². The van der Waals surface area contributed by atoms with Crippen LogP contribution in [0.15, 0.2) is 18.2 Å². The Kier molecular flexibility index (Phi) is 5.48. The van der Waals surface area contributed by atoms with E-state index in [1.807, 2.05) is 44.1 Å². The fourth-order valence-corrected chi connectivity index (χ4v) is 3.80. The number of amides is 1. The Morgan fingerprint density at radius 2 is 2.21 bits per heavy atom. The second-order valence-corrected chi connectivity index (χ2v) is 7.84. The van der Waals surface area contributed by atoms with E-state index in [2.05, 4.69) is 9.88 Å². The summed E-state index contributed by atoms with van der Waals surface area (Å²) in [6.07, 6.45) is 2.29. The maximum absolute atomic E-state index is 13.0. The highest BCUT2D eigenvalue weighted by molar-refractivity contribution is 7.18. The molecule has 0 bridgehead atoms. The number of aryl methyl sites for hydroxylation is 1. The highest BCUT2D eigenvalue weighted by Crippen LogP contribution is 2.23. The molecule has 1 aromatic carbocycles. The van der Waals surface area contributed by atoms with E-state index >= 15 is 0 Å². The summed E-state index contributed by atoms with van der Waals surface area (Å²) in [7, 11) is 4.05. The molecule has 0 spiro atoms. The van der Waals surface area contributed by atoms with Crippen LogP contribution in [-0.4, -0.2) is 67.1 Å². The Bertz CT molecular complexity index is 707. The Labute approximate surface area is 147 Å². The summed E-state index contributed by atoms with van der Waals surface area (Å²) in [5.41, 5.74) is 1.62. The lowest BCUT2D eigenvalue weighted by Gasteiger charge is -2.27. The number of carbonyl (C=O) groups excluding carboxylic acids is 1. The standard InChI is InChI=1S/C18H25N3O2S/c1-13-19-16-11-14(6-7-17(16)24-13)18(22)21(9-8-20(2)3)12-15-5-4-10-23-15/h6-7,11,15H,4-5,8-10,12H2,1-3H3. The fourth-order valence-electron chi connectivity index (χ4n) is 2.99. The van der Waals surface area contributed by atoms with Gasteiger partial charge in [0.25, 0.3) is 5.91 Å². The summed E-state index contributed by atoms with van der Waals surface area (Å²) in [6.45, 7) is 5.02. The number of hydrogen-bond donors (Lipinski definition) is 0. The topological polar surface area (TPSA) is 45.7 Å². The van der Waals surface area contributed by atoms with Gasteiger partial charge in [-0.1, -0.05) is 0 Å². The minimum atomic E-state index is 0.0694. The van der Waals surface area contributed by atoms with Crippen LogP contribution >= 0.6 is 11.3 Å². The number of carbonyl (C=O) groups is 1. The maximum Gasteiger partial charge on any atom is 0.254 e. The van der Waals surface area contributed by atoms with Gasteiger partial charge in [0, 0.05) is 31.8 Å². The van der Waals surface area contributed by atoms with Gasteiger partial charge in [0.05, 0.1) is 21.3 Å². The van der Waals surface area contributed by atoms with Crippen LogP contribution in [0, 0.1) is 6.92 Å². The van der Waals surface area contributed by atoms with Crippen molar-refractivity contribution in [2.24, 2.45) is 0 Å². The molecule has 5 nitrogen and oxygen atoms in total. The molecule has 1 aliphatic heterocycles. The van der Waals surface area contributed by atoms with Gasteiger partial charge in [0.15, 0.2) is 0 Å². The molecule has 130 valence electrons. The zero-order valence-electron chi connectivity index (χ0n) is 14.6. The summed E-state index contributed by atoms with van der Waals surface area (Å²) in [6, 6.07) is 5.84. The molecule has 0 N–H and O–H groups in total. The number of hydrogen-bond acceptors (Lipinski definition) is 5. The summed E-state index contributed by atoms with van der Waals surface area (Å²) in [4.78, 5) is 21.6. The normalized spacial score (nSPS) is 17.8. The quantitative estimate of drug-likeness (QED) is 0.806. The third-order valence-corrected chi connectivity index (χ3v) is 5.25. The Balaban J connectivity index is 1.78. The predicted octanol–water partition coefficient (Wildman–Crippen LogP) is 2.79. The Morgan fingerprint density at radius 3 is 2.92 bits per heavy atom. The van der Waals surface area contributed by atoms with Crippen molar-refractivity contribution in [2.45, 2.75) is 25.9 Å². The third kappa shape index (κ3) is 4.12. The number of likely N-dealkylation sites (N-methyl/N-ethyl adjacent to an activating group) is 1. The Morgan fingerprint density at radius 1 is 1.38 bits per heavy atom. The minimum absolute atomic E-state index is 0.0694. The average molecular weight is 347 g/mol. The van der Waals surface area contributed by atoms with Gasteiger partial charge in [-0.05, 0) is 52.1 Å². The molecule has 6 heteroatoms. The first-order valence-electron chi connectivity index (χ1n) is 8.46. The SMILES string of the molecule is Cc1nc2cc(C(=O)N(CCN(C)C)CC3CCCO3)ccc2s1. The summed E-state index contributed by atoms with van der Waals surface area (Å²) < 4.78 is 6.86. The molecule has 1 atom stereocenters. The monoisotopic (exact) mass is 347 g/mol. The van der Waals surface area contributed by atoms with Crippen molar-refractivity contribution in [3.8, 4) is 0 Å². The van der Waals surface area contributed by atoms with Crippen molar-refractivity contribution >= 4 is 27.5 Å². The first-order chi connectivity index (χ1) is 11.5. The molecule has 0 aliphatic carbocycles. The molecule has 1 aliphatic rings. The molecule has 1 saturated heterocycles. The van der Waals surface area contributed by atoms with E-state index in [9.17, 15) is 4.79 Å². The van der Waals surface area contributed by atoms with E-state index < -0.39 is 0 Å². The number of thiazole rings is 1. The number of nitrogens with zero attached hydrogens (tertiary/aromatic N) is 3. The number of fused-ring (bicyclic) bond motifs is 1. The molecule has 1 fully saturated rings. The van der Waals surface area contributed by atoms with Crippen molar-refractivity contribution in [2.75, 3.05) is 40.3 Å². The van der Waals surface area contributed by atoms with Crippen LogP contribution in [0.4, 0.5) is 0 Å². The van der Waals surface area contributed by atoms with E-state index in [0.717, 1.165) is 41.2 Å². The Hall–Kier alpha value is -1.50. The van der Waals surface area contributed by atoms with E-state index in [1.165, 1.54) is 0 Å². The second kappa shape index (κ2) is 7.59. The van der Waals surface area contributed by atoms with Gasteiger partial charge in [-0.2, -0.15) is 0 Å². The highest BCUT2D eigenvalue weighted by atomic mass is 32.1. The van der Waals surface area contributed by atoms with Crippen molar-refractivity contribution in [3.63, 3.8) is 0 Å². The molecule has 0 saturated carbocycles. The van der Waals surface area contributed by atoms with E-state index in [1.54, 1.807) is 11.3 Å². The molecular weight excluding hydrogens is 322 g/mol. The number of aromatic nitrogens is 1. The first-order valence-corrected chi connectivity index (χ1v) is 9.27. The number of benzene rings is 1. The summed E-state index contributed by atoms with van der Waals surface area (Å²) >= 11 is 1.66. The lowest BCUT2D eigenvalue weighted by atomic mass is 10.1. The molecule has 0 radical (unpaired) electrons. The molecule has 2 aromatic rings. The smallest absolute Gasteiger partial charge is 0.254 e. The lowest BCUT2D eigenvalue weighted by molar-refractivity contribution is 0.0512. The van der Waals surface area contributed by atoms with Crippen LogP contribution in [0.2, 0.25) is 0 Å². The van der Waals surface area contributed by atoms with Crippen LogP contribution < -0.4 is 0 Å². The minimum Gasteiger partial charge on any atom is -0.376 e. The second-order valence-electron chi connectivity index (χ2n) is 6.60. The molecule has 1 aromatic heterocycles. The van der Waals surface area contributed by atoms with Crippen LogP contribution in [0.25, 0.3) is 10.2 Å². The number of ether oxygens (including phenoxy) is 1. The highest BCUT2D eigenvalue weighted by Gasteiger charge is 2.23.